The van der Waals surface area contributed by atoms with E-state index in [-0.39, 0.29) is 5.75 Å². The van der Waals surface area contributed by atoms with E-state index >= 15 is 0 Å². The minimum Gasteiger partial charge on any atom is -0.313 e. The normalized spacial score (nSPS) is 12.9. The van der Waals surface area contributed by atoms with Crippen LogP contribution in [0, 0.1) is 6.92 Å². The monoisotopic (exact) mass is 287 g/mol. The molecule has 19 heavy (non-hydrogen) atoms. The number of hydrogen-bond acceptors (Lipinski definition) is 4. The van der Waals surface area contributed by atoms with Gasteiger partial charge >= 0.3 is 0 Å². The molecular formula is C13H25N3O2S. The van der Waals surface area contributed by atoms with Gasteiger partial charge in [0.2, 0.25) is 0 Å². The van der Waals surface area contributed by atoms with Crippen LogP contribution < -0.4 is 5.32 Å². The van der Waals surface area contributed by atoms with E-state index in [2.05, 4.69) is 17.3 Å². The van der Waals surface area contributed by atoms with Gasteiger partial charge in [0.1, 0.15) is 0 Å². The minimum absolute atomic E-state index is 0.123. The van der Waals surface area contributed by atoms with Gasteiger partial charge in [0.05, 0.1) is 22.7 Å². The van der Waals surface area contributed by atoms with Crippen molar-refractivity contribution in [3.05, 3.63) is 17.5 Å². The molecule has 0 atom stereocenters. The van der Waals surface area contributed by atoms with Crippen molar-refractivity contribution in [2.45, 2.75) is 52.5 Å². The van der Waals surface area contributed by atoms with Crippen LogP contribution in [0.5, 0.6) is 0 Å². The Morgan fingerprint density at radius 3 is 2.53 bits per heavy atom. The molecule has 0 saturated carbocycles. The Morgan fingerprint density at radius 2 is 2.00 bits per heavy atom. The fraction of sp³-hybridized carbons (Fsp3) is 0.769. The molecule has 0 spiro atoms. The zero-order chi connectivity index (χ0) is 14.7. The molecule has 5 nitrogen and oxygen atoms in total. The Balaban J connectivity index is 2.69. The maximum Gasteiger partial charge on any atom is 0.157 e. The Morgan fingerprint density at radius 1 is 1.37 bits per heavy atom. The van der Waals surface area contributed by atoms with Gasteiger partial charge in [-0.1, -0.05) is 6.92 Å². The molecule has 110 valence electrons. The van der Waals surface area contributed by atoms with Crippen LogP contribution in [0.15, 0.2) is 6.20 Å². The molecule has 0 aliphatic carbocycles. The van der Waals surface area contributed by atoms with Gasteiger partial charge in [-0.25, -0.2) is 8.42 Å². The quantitative estimate of drug-likeness (QED) is 0.861. The molecule has 1 N–H and O–H groups in total. The van der Waals surface area contributed by atoms with Crippen molar-refractivity contribution in [3.8, 4) is 0 Å². The van der Waals surface area contributed by atoms with Gasteiger partial charge in [-0.05, 0) is 34.2 Å². The van der Waals surface area contributed by atoms with E-state index in [1.165, 1.54) is 0 Å². The Labute approximate surface area is 116 Å². The molecule has 0 saturated heterocycles. The van der Waals surface area contributed by atoms with Crippen molar-refractivity contribution in [3.63, 3.8) is 0 Å². The van der Waals surface area contributed by atoms with Crippen LogP contribution in [0.2, 0.25) is 0 Å². The van der Waals surface area contributed by atoms with Crippen LogP contribution in [-0.4, -0.2) is 35.2 Å². The summed E-state index contributed by atoms with van der Waals surface area (Å²) >= 11 is 0. The zero-order valence-corrected chi connectivity index (χ0v) is 13.3. The summed E-state index contributed by atoms with van der Waals surface area (Å²) in [5.74, 6) is 0.123. The van der Waals surface area contributed by atoms with Gasteiger partial charge in [0, 0.05) is 18.3 Å². The first kappa shape index (κ1) is 16.2. The van der Waals surface area contributed by atoms with E-state index in [1.54, 1.807) is 25.5 Å². The van der Waals surface area contributed by atoms with Gasteiger partial charge in [0.25, 0.3) is 0 Å². The third kappa shape index (κ3) is 4.31. The highest BCUT2D eigenvalue weighted by atomic mass is 32.2. The lowest BCUT2D eigenvalue weighted by Gasteiger charge is -2.18. The van der Waals surface area contributed by atoms with Crippen molar-refractivity contribution in [2.24, 2.45) is 0 Å². The second-order valence-corrected chi connectivity index (χ2v) is 8.58. The molecule has 6 heteroatoms. The van der Waals surface area contributed by atoms with E-state index in [0.29, 0.717) is 6.54 Å². The Kier molecular flexibility index (Phi) is 5.15. The summed E-state index contributed by atoms with van der Waals surface area (Å²) in [7, 11) is -3.09. The summed E-state index contributed by atoms with van der Waals surface area (Å²) < 4.78 is 25.1. The highest BCUT2D eigenvalue weighted by molar-refractivity contribution is 7.92. The third-order valence-electron chi connectivity index (χ3n) is 3.14. The number of sulfone groups is 1. The molecule has 1 heterocycles. The van der Waals surface area contributed by atoms with Gasteiger partial charge in [-0.2, -0.15) is 5.10 Å². The van der Waals surface area contributed by atoms with E-state index in [0.717, 1.165) is 24.3 Å². The first-order valence-corrected chi connectivity index (χ1v) is 8.28. The molecule has 0 aliphatic rings. The summed E-state index contributed by atoms with van der Waals surface area (Å²) in [6.45, 7) is 11.3. The zero-order valence-electron chi connectivity index (χ0n) is 12.5. The fourth-order valence-electron chi connectivity index (χ4n) is 1.63. The fourth-order valence-corrected chi connectivity index (χ4v) is 2.67. The highest BCUT2D eigenvalue weighted by Crippen LogP contribution is 2.16. The number of aryl methyl sites for hydroxylation is 2. The molecule has 0 radical (unpaired) electrons. The number of aromatic nitrogens is 2. The SMILES string of the molecule is CCNCc1cn(CCS(=O)(=O)C(C)(C)C)nc1C. The first-order valence-electron chi connectivity index (χ1n) is 6.63. The highest BCUT2D eigenvalue weighted by Gasteiger charge is 2.28. The predicted octanol–water partition coefficient (Wildman–Crippen LogP) is 1.51. The van der Waals surface area contributed by atoms with Crippen LogP contribution in [0.4, 0.5) is 0 Å². The lowest BCUT2D eigenvalue weighted by atomic mass is 10.2. The maximum absolute atomic E-state index is 12.0. The number of hydrogen-bond donors (Lipinski definition) is 1. The topological polar surface area (TPSA) is 64.0 Å². The van der Waals surface area contributed by atoms with E-state index < -0.39 is 14.6 Å². The Hall–Kier alpha value is -0.880. The van der Waals surface area contributed by atoms with E-state index in [1.807, 2.05) is 13.1 Å². The molecule has 1 aromatic heterocycles. The second-order valence-electron chi connectivity index (χ2n) is 5.71. The van der Waals surface area contributed by atoms with Crippen molar-refractivity contribution in [2.75, 3.05) is 12.3 Å². The van der Waals surface area contributed by atoms with Crippen molar-refractivity contribution >= 4 is 9.84 Å². The van der Waals surface area contributed by atoms with Crippen molar-refractivity contribution in [1.29, 1.82) is 0 Å². The summed E-state index contributed by atoms with van der Waals surface area (Å²) in [6, 6.07) is 0. The van der Waals surface area contributed by atoms with Gasteiger partial charge in [-0.3, -0.25) is 4.68 Å². The lowest BCUT2D eigenvalue weighted by Crippen LogP contribution is -2.32. The standard InChI is InChI=1S/C13H25N3O2S/c1-6-14-9-12-10-16(15-11(12)2)7-8-19(17,18)13(3,4)5/h10,14H,6-9H2,1-5H3. The first-order chi connectivity index (χ1) is 8.67. The lowest BCUT2D eigenvalue weighted by molar-refractivity contribution is 0.547. The largest absolute Gasteiger partial charge is 0.313 e. The molecule has 1 aromatic rings. The number of rotatable bonds is 6. The summed E-state index contributed by atoms with van der Waals surface area (Å²) in [5, 5.41) is 7.60. The molecule has 0 amide bonds. The van der Waals surface area contributed by atoms with Crippen LogP contribution in [-0.2, 0) is 22.9 Å². The maximum atomic E-state index is 12.0. The number of nitrogens with one attached hydrogen (secondary N) is 1. The summed E-state index contributed by atoms with van der Waals surface area (Å²) in [4.78, 5) is 0. The van der Waals surface area contributed by atoms with E-state index in [4.69, 9.17) is 0 Å². The van der Waals surface area contributed by atoms with Gasteiger partial charge < -0.3 is 5.32 Å². The summed E-state index contributed by atoms with van der Waals surface area (Å²) in [6.07, 6.45) is 1.93. The average Bonchev–Trinajstić information content (AvgIpc) is 2.63. The smallest absolute Gasteiger partial charge is 0.157 e. The minimum atomic E-state index is -3.09. The predicted molar refractivity (Wildman–Crippen MR) is 77.9 cm³/mol. The molecule has 1 rings (SSSR count). The molecule has 0 fully saturated rings. The molecule has 0 unspecified atom stereocenters. The molecule has 0 aliphatic heterocycles. The summed E-state index contributed by atoms with van der Waals surface area (Å²) in [5.41, 5.74) is 2.07. The molecular weight excluding hydrogens is 262 g/mol. The van der Waals surface area contributed by atoms with Crippen molar-refractivity contribution in [1.82, 2.24) is 15.1 Å². The van der Waals surface area contributed by atoms with Gasteiger partial charge in [-0.15, -0.1) is 0 Å². The average molecular weight is 287 g/mol. The van der Waals surface area contributed by atoms with Crippen LogP contribution >= 0.6 is 0 Å². The second kappa shape index (κ2) is 6.05. The molecule has 0 bridgehead atoms. The van der Waals surface area contributed by atoms with Gasteiger partial charge in [0.15, 0.2) is 9.84 Å². The third-order valence-corrected chi connectivity index (χ3v) is 5.72. The van der Waals surface area contributed by atoms with E-state index in [9.17, 15) is 8.42 Å². The Bertz CT molecular complexity index is 512. The van der Waals surface area contributed by atoms with Crippen LogP contribution in [0.25, 0.3) is 0 Å². The van der Waals surface area contributed by atoms with Crippen LogP contribution in [0.3, 0.4) is 0 Å². The van der Waals surface area contributed by atoms with Crippen molar-refractivity contribution < 1.29 is 8.42 Å². The number of nitrogens with zero attached hydrogens (tertiary/aromatic N) is 2. The van der Waals surface area contributed by atoms with Crippen LogP contribution in [0.1, 0.15) is 39.0 Å². The molecule has 0 aromatic carbocycles.